The van der Waals surface area contributed by atoms with Gasteiger partial charge in [-0.3, -0.25) is 0 Å². The Hall–Kier alpha value is -1.72. The van der Waals surface area contributed by atoms with Gasteiger partial charge in [0.2, 0.25) is 0 Å². The van der Waals surface area contributed by atoms with Crippen LogP contribution in [0.2, 0.25) is 0 Å². The fourth-order valence-electron chi connectivity index (χ4n) is 6.32. The Labute approximate surface area is 270 Å². The van der Waals surface area contributed by atoms with Crippen molar-refractivity contribution in [1.82, 2.24) is 0 Å². The molecule has 0 amide bonds. The molecular weight excluding hydrogens is 585 g/mol. The van der Waals surface area contributed by atoms with E-state index in [1.165, 1.54) is 93.5 Å². The smallest absolute Gasteiger partial charge is 0.0455 e. The molecule has 0 aliphatic carbocycles. The molecule has 0 aliphatic rings. The first-order valence-electron chi connectivity index (χ1n) is 16.3. The van der Waals surface area contributed by atoms with Crippen LogP contribution >= 0.6 is 45.3 Å². The molecule has 0 saturated heterocycles. The van der Waals surface area contributed by atoms with Gasteiger partial charge >= 0.3 is 0 Å². The molecule has 0 aliphatic heterocycles. The summed E-state index contributed by atoms with van der Waals surface area (Å²) in [6, 6.07) is 14.2. The minimum atomic E-state index is 0.764. The molecule has 0 saturated carbocycles. The molecule has 0 nitrogen and oxygen atoms in total. The molecule has 5 rings (SSSR count). The Bertz CT molecular complexity index is 1540. The lowest BCUT2D eigenvalue weighted by atomic mass is 9.86. The highest BCUT2D eigenvalue weighted by molar-refractivity contribution is 7.26. The quantitative estimate of drug-likeness (QED) is 0.108. The fourth-order valence-corrected chi connectivity index (χ4v) is 10.5. The molecule has 4 heteroatoms. The lowest BCUT2D eigenvalue weighted by molar-refractivity contribution is 0.450. The summed E-state index contributed by atoms with van der Waals surface area (Å²) in [6.07, 6.45) is 17.5. The van der Waals surface area contributed by atoms with Crippen LogP contribution in [0.4, 0.5) is 0 Å². The van der Waals surface area contributed by atoms with Crippen LogP contribution in [0.15, 0.2) is 36.4 Å². The van der Waals surface area contributed by atoms with Crippen LogP contribution in [-0.2, 0) is 12.8 Å². The molecule has 2 unspecified atom stereocenters. The third-order valence-electron chi connectivity index (χ3n) is 8.90. The van der Waals surface area contributed by atoms with E-state index in [1.54, 1.807) is 31.3 Å². The molecule has 0 radical (unpaired) electrons. The summed E-state index contributed by atoms with van der Waals surface area (Å²) in [5.74, 6) is 1.53. The van der Waals surface area contributed by atoms with Gasteiger partial charge in [-0.15, -0.1) is 45.3 Å². The summed E-state index contributed by atoms with van der Waals surface area (Å²) in [7, 11) is 0. The zero-order chi connectivity index (χ0) is 29.6. The Balaban J connectivity index is 1.60. The van der Waals surface area contributed by atoms with Crippen LogP contribution in [0.25, 0.3) is 42.1 Å². The van der Waals surface area contributed by atoms with Crippen molar-refractivity contribution in [3.8, 4) is 9.75 Å². The van der Waals surface area contributed by atoms with Gasteiger partial charge in [0.25, 0.3) is 0 Å². The van der Waals surface area contributed by atoms with Gasteiger partial charge < -0.3 is 0 Å². The predicted octanol–water partition coefficient (Wildman–Crippen LogP) is 14.2. The molecule has 0 spiro atoms. The van der Waals surface area contributed by atoms with Gasteiger partial charge in [0, 0.05) is 38.7 Å². The van der Waals surface area contributed by atoms with Gasteiger partial charge in [0.15, 0.2) is 0 Å². The number of aryl methyl sites for hydroxylation is 2. The Morgan fingerprint density at radius 2 is 1.17 bits per heavy atom. The standard InChI is InChI=1S/C38H48S4/c1-7-11-13-27(9-3)22-32-31-21-26(6)40-37(31)33(23-28(10-4)14-12-8-2)34-24-36(42-38(32)34)35-20-19-30(41-35)18-17-29-16-15-25(5)39-29/h15-21,24,27-28H,7-14,22-23H2,1-6H3/b18-17+. The van der Waals surface area contributed by atoms with Crippen molar-refractivity contribution in [1.29, 1.82) is 0 Å². The van der Waals surface area contributed by atoms with Crippen molar-refractivity contribution in [3.05, 3.63) is 67.0 Å². The van der Waals surface area contributed by atoms with Gasteiger partial charge in [-0.25, -0.2) is 0 Å². The van der Waals surface area contributed by atoms with Gasteiger partial charge in [0.05, 0.1) is 0 Å². The molecule has 1 aromatic carbocycles. The second-order valence-corrected chi connectivity index (χ2v) is 16.9. The first-order valence-corrected chi connectivity index (χ1v) is 19.5. The van der Waals surface area contributed by atoms with E-state index in [0.717, 1.165) is 11.8 Å². The summed E-state index contributed by atoms with van der Waals surface area (Å²) >= 11 is 7.92. The summed E-state index contributed by atoms with van der Waals surface area (Å²) < 4.78 is 3.16. The van der Waals surface area contributed by atoms with Crippen LogP contribution < -0.4 is 0 Å². The monoisotopic (exact) mass is 632 g/mol. The van der Waals surface area contributed by atoms with E-state index in [4.69, 9.17) is 0 Å². The number of thiophene rings is 4. The van der Waals surface area contributed by atoms with E-state index < -0.39 is 0 Å². The second kappa shape index (κ2) is 14.8. The average molecular weight is 633 g/mol. The number of benzene rings is 1. The Morgan fingerprint density at radius 3 is 1.74 bits per heavy atom. The van der Waals surface area contributed by atoms with Crippen LogP contribution in [0.5, 0.6) is 0 Å². The summed E-state index contributed by atoms with van der Waals surface area (Å²) in [5.41, 5.74) is 3.28. The van der Waals surface area contributed by atoms with E-state index in [9.17, 15) is 0 Å². The first-order chi connectivity index (χ1) is 20.4. The third-order valence-corrected chi connectivity index (χ3v) is 13.4. The molecule has 5 aromatic rings. The molecule has 4 heterocycles. The molecule has 224 valence electrons. The Morgan fingerprint density at radius 1 is 0.595 bits per heavy atom. The van der Waals surface area contributed by atoms with Gasteiger partial charge in [0.1, 0.15) is 0 Å². The molecular formula is C38H48S4. The molecule has 42 heavy (non-hydrogen) atoms. The van der Waals surface area contributed by atoms with Crippen molar-refractivity contribution in [2.75, 3.05) is 0 Å². The number of hydrogen-bond acceptors (Lipinski definition) is 4. The molecule has 4 aromatic heterocycles. The largest absolute Gasteiger partial charge is 0.141 e. The molecule has 2 atom stereocenters. The van der Waals surface area contributed by atoms with E-state index in [-0.39, 0.29) is 0 Å². The van der Waals surface area contributed by atoms with E-state index in [2.05, 4.69) is 113 Å². The topological polar surface area (TPSA) is 0 Å². The van der Waals surface area contributed by atoms with Crippen molar-refractivity contribution >= 4 is 77.7 Å². The summed E-state index contributed by atoms with van der Waals surface area (Å²) in [6.45, 7) is 14.0. The highest BCUT2D eigenvalue weighted by Gasteiger charge is 2.23. The fraction of sp³-hybridized carbons (Fsp3) is 0.474. The molecule has 0 bridgehead atoms. The number of rotatable bonds is 15. The number of fused-ring (bicyclic) bond motifs is 2. The normalized spacial score (nSPS) is 13.7. The number of unbranched alkanes of at least 4 members (excludes halogenated alkanes) is 2. The van der Waals surface area contributed by atoms with Crippen molar-refractivity contribution in [2.24, 2.45) is 11.8 Å². The van der Waals surface area contributed by atoms with Crippen LogP contribution in [0, 0.1) is 25.7 Å². The lowest BCUT2D eigenvalue weighted by Gasteiger charge is -2.20. The Kier molecular flexibility index (Phi) is 11.2. The SMILES string of the molecule is CCCCC(CC)Cc1c2cc(-c3ccc(/C=C/c4ccc(C)s4)s3)sc2c(CC(CC)CCCC)c2cc(C)sc12. The van der Waals surface area contributed by atoms with Crippen molar-refractivity contribution < 1.29 is 0 Å². The lowest BCUT2D eigenvalue weighted by Crippen LogP contribution is -2.06. The van der Waals surface area contributed by atoms with Crippen LogP contribution in [0.3, 0.4) is 0 Å². The highest BCUT2D eigenvalue weighted by Crippen LogP contribution is 2.47. The van der Waals surface area contributed by atoms with E-state index >= 15 is 0 Å². The highest BCUT2D eigenvalue weighted by atomic mass is 32.1. The summed E-state index contributed by atoms with van der Waals surface area (Å²) in [5, 5.41) is 3.12. The number of hydrogen-bond donors (Lipinski definition) is 0. The average Bonchev–Trinajstić information content (AvgIpc) is 3.79. The second-order valence-electron chi connectivity index (χ2n) is 12.1. The predicted molar refractivity (Wildman–Crippen MR) is 197 cm³/mol. The maximum Gasteiger partial charge on any atom is 0.0455 e. The maximum atomic E-state index is 2.58. The van der Waals surface area contributed by atoms with Gasteiger partial charge in [-0.1, -0.05) is 79.1 Å². The maximum absolute atomic E-state index is 2.58. The first kappa shape index (κ1) is 31.7. The summed E-state index contributed by atoms with van der Waals surface area (Å²) in [4.78, 5) is 8.35. The van der Waals surface area contributed by atoms with Gasteiger partial charge in [-0.2, -0.15) is 0 Å². The molecule has 0 fully saturated rings. The van der Waals surface area contributed by atoms with Crippen LogP contribution in [-0.4, -0.2) is 0 Å². The van der Waals surface area contributed by atoms with E-state index in [0.29, 0.717) is 0 Å². The van der Waals surface area contributed by atoms with Crippen molar-refractivity contribution in [2.45, 2.75) is 106 Å². The third kappa shape index (κ3) is 7.32. The van der Waals surface area contributed by atoms with E-state index in [1.807, 2.05) is 22.7 Å². The van der Waals surface area contributed by atoms with Crippen LogP contribution in [0.1, 0.15) is 110 Å². The van der Waals surface area contributed by atoms with Crippen molar-refractivity contribution in [3.63, 3.8) is 0 Å². The van der Waals surface area contributed by atoms with Gasteiger partial charge in [-0.05, 0) is 109 Å². The zero-order valence-corrected chi connectivity index (χ0v) is 29.7. The molecule has 0 N–H and O–H groups in total. The minimum absolute atomic E-state index is 0.764. The zero-order valence-electron chi connectivity index (χ0n) is 26.5. The minimum Gasteiger partial charge on any atom is -0.141 e.